The van der Waals surface area contributed by atoms with Crippen molar-refractivity contribution < 1.29 is 22.5 Å². The predicted octanol–water partition coefficient (Wildman–Crippen LogP) is 5.88. The summed E-state index contributed by atoms with van der Waals surface area (Å²) in [6, 6.07) is 10.7. The minimum Gasteiger partial charge on any atom is -0.457 e. The molecule has 0 spiro atoms. The van der Waals surface area contributed by atoms with Crippen LogP contribution in [0.25, 0.3) is 11.1 Å². The van der Waals surface area contributed by atoms with Gasteiger partial charge in [-0.15, -0.1) is 0 Å². The van der Waals surface area contributed by atoms with Crippen molar-refractivity contribution in [3.63, 3.8) is 0 Å². The molecule has 9 nitrogen and oxygen atoms in total. The molecular weight excluding hydrogens is 504 g/mol. The first kappa shape index (κ1) is 29.2. The molecule has 0 fully saturated rings. The van der Waals surface area contributed by atoms with Gasteiger partial charge in [0, 0.05) is 29.8 Å². The molecule has 206 valence electrons. The van der Waals surface area contributed by atoms with Crippen LogP contribution < -0.4 is 14.8 Å². The molecular formula is C28H38N4O5S. The first-order valence-corrected chi connectivity index (χ1v) is 14.4. The summed E-state index contributed by atoms with van der Waals surface area (Å²) < 4.78 is 39.5. The molecule has 0 aliphatic rings. The maximum absolute atomic E-state index is 12.6. The molecule has 3 rings (SSSR count). The van der Waals surface area contributed by atoms with Crippen LogP contribution in [-0.4, -0.2) is 50.8 Å². The summed E-state index contributed by atoms with van der Waals surface area (Å²) in [5.74, 6) is 1.54. The lowest BCUT2D eigenvalue weighted by Crippen LogP contribution is -2.17. The highest BCUT2D eigenvalue weighted by atomic mass is 32.2. The Kier molecular flexibility index (Phi) is 9.93. The number of aromatic nitrogens is 1. The molecule has 0 radical (unpaired) electrons. The van der Waals surface area contributed by atoms with E-state index in [0.29, 0.717) is 52.7 Å². The van der Waals surface area contributed by atoms with Crippen molar-refractivity contribution in [2.45, 2.75) is 53.4 Å². The van der Waals surface area contributed by atoms with Crippen molar-refractivity contribution in [3.8, 4) is 22.6 Å². The van der Waals surface area contributed by atoms with Crippen LogP contribution in [-0.2, 0) is 14.8 Å². The van der Waals surface area contributed by atoms with Crippen molar-refractivity contribution in [1.29, 1.82) is 0 Å². The number of hydrogen-bond donors (Lipinski definition) is 2. The number of unbranched alkanes of at least 4 members (excludes halogenated alkanes) is 1. The molecule has 3 aromatic rings. The summed E-state index contributed by atoms with van der Waals surface area (Å²) in [5.41, 5.74) is 4.14. The number of nitrogens with zero attached hydrogens (tertiary/aromatic N) is 2. The number of carbonyl (C=O) groups is 1. The Balaban J connectivity index is 1.90. The van der Waals surface area contributed by atoms with Crippen LogP contribution >= 0.6 is 0 Å². The van der Waals surface area contributed by atoms with E-state index in [1.54, 1.807) is 25.1 Å². The van der Waals surface area contributed by atoms with Gasteiger partial charge in [-0.1, -0.05) is 24.6 Å². The Bertz CT molecular complexity index is 1350. The van der Waals surface area contributed by atoms with Crippen LogP contribution in [0.5, 0.6) is 11.5 Å². The topological polar surface area (TPSA) is 114 Å². The molecule has 0 bridgehead atoms. The monoisotopic (exact) mass is 542 g/mol. The Morgan fingerprint density at radius 2 is 1.82 bits per heavy atom. The second-order valence-corrected chi connectivity index (χ2v) is 11.6. The highest BCUT2D eigenvalue weighted by Gasteiger charge is 2.17. The van der Waals surface area contributed by atoms with Crippen LogP contribution in [0, 0.1) is 20.8 Å². The predicted molar refractivity (Wildman–Crippen MR) is 151 cm³/mol. The Hall–Kier alpha value is -3.37. The van der Waals surface area contributed by atoms with Crippen molar-refractivity contribution in [1.82, 2.24) is 10.1 Å². The average molecular weight is 543 g/mol. The molecule has 0 aliphatic heterocycles. The van der Waals surface area contributed by atoms with Crippen LogP contribution in [0.1, 0.15) is 49.6 Å². The van der Waals surface area contributed by atoms with E-state index < -0.39 is 10.0 Å². The van der Waals surface area contributed by atoms with Gasteiger partial charge in [-0.2, -0.15) is 0 Å². The first-order chi connectivity index (χ1) is 18.0. The first-order valence-electron chi connectivity index (χ1n) is 12.8. The smallest absolute Gasteiger partial charge is 0.232 e. The normalized spacial score (nSPS) is 11.6. The molecule has 0 aliphatic carbocycles. The zero-order chi connectivity index (χ0) is 27.9. The molecule has 0 unspecified atom stereocenters. The Morgan fingerprint density at radius 3 is 2.47 bits per heavy atom. The molecule has 38 heavy (non-hydrogen) atoms. The fraction of sp³-hybridized carbons (Fsp3) is 0.429. The van der Waals surface area contributed by atoms with Crippen molar-refractivity contribution >= 4 is 27.3 Å². The van der Waals surface area contributed by atoms with E-state index in [2.05, 4.69) is 15.2 Å². The fourth-order valence-electron chi connectivity index (χ4n) is 4.03. The summed E-state index contributed by atoms with van der Waals surface area (Å²) >= 11 is 0. The number of ether oxygens (including phenoxy) is 1. The fourth-order valence-corrected chi connectivity index (χ4v) is 5.27. The second kappa shape index (κ2) is 12.9. The van der Waals surface area contributed by atoms with Gasteiger partial charge in [-0.3, -0.25) is 9.52 Å². The molecule has 2 aromatic carbocycles. The Morgan fingerprint density at radius 1 is 1.05 bits per heavy atom. The number of benzene rings is 2. The van der Waals surface area contributed by atoms with Gasteiger partial charge < -0.3 is 19.5 Å². The van der Waals surface area contributed by atoms with E-state index >= 15 is 0 Å². The standard InChI is InChI=1S/C28H38N4O5S/c1-7-8-14-38(34,35)31-23-15-22(28-20(3)30-37-21(28)4)16-25(17-23)36-24-12-11-19(2)26(18-24)29-27(33)10-9-13-32(5)6/h11-12,15-18,31H,7-10,13-14H2,1-6H3,(H,29,33). The number of aryl methyl sites for hydroxylation is 3. The number of carbonyl (C=O) groups excluding carboxylic acids is 1. The van der Waals surface area contributed by atoms with E-state index in [1.807, 2.05) is 58.0 Å². The zero-order valence-corrected chi connectivity index (χ0v) is 23.9. The molecule has 1 heterocycles. The van der Waals surface area contributed by atoms with E-state index in [1.165, 1.54) is 0 Å². The third-order valence-corrected chi connectivity index (χ3v) is 7.37. The molecule has 1 aromatic heterocycles. The van der Waals surface area contributed by atoms with Gasteiger partial charge in [0.2, 0.25) is 15.9 Å². The molecule has 0 saturated carbocycles. The largest absolute Gasteiger partial charge is 0.457 e. The third kappa shape index (κ3) is 8.32. The summed E-state index contributed by atoms with van der Waals surface area (Å²) in [7, 11) is 0.428. The summed E-state index contributed by atoms with van der Waals surface area (Å²) in [4.78, 5) is 14.5. The van der Waals surface area contributed by atoms with Gasteiger partial charge in [0.05, 0.1) is 17.1 Å². The Labute approximate surface area is 225 Å². The van der Waals surface area contributed by atoms with Gasteiger partial charge in [-0.25, -0.2) is 8.42 Å². The van der Waals surface area contributed by atoms with E-state index in [0.717, 1.165) is 30.5 Å². The number of nitrogens with one attached hydrogen (secondary N) is 2. The van der Waals surface area contributed by atoms with E-state index in [9.17, 15) is 13.2 Å². The SMILES string of the molecule is CCCCS(=O)(=O)Nc1cc(Oc2ccc(C)c(NC(=O)CCCN(C)C)c2)cc(-c2c(C)noc2C)c1. The lowest BCUT2D eigenvalue weighted by Gasteiger charge is -2.15. The summed E-state index contributed by atoms with van der Waals surface area (Å²) in [6.45, 7) is 8.34. The van der Waals surface area contributed by atoms with Crippen LogP contribution in [0.15, 0.2) is 40.9 Å². The molecule has 10 heteroatoms. The summed E-state index contributed by atoms with van der Waals surface area (Å²) in [6.07, 6.45) is 2.52. The van der Waals surface area contributed by atoms with Gasteiger partial charge in [0.1, 0.15) is 17.3 Å². The molecule has 2 N–H and O–H groups in total. The van der Waals surface area contributed by atoms with Crippen molar-refractivity contribution in [3.05, 3.63) is 53.4 Å². The van der Waals surface area contributed by atoms with Crippen LogP contribution in [0.2, 0.25) is 0 Å². The van der Waals surface area contributed by atoms with Gasteiger partial charge in [-0.05, 0) is 83.6 Å². The maximum Gasteiger partial charge on any atom is 0.232 e. The average Bonchev–Trinajstić information content (AvgIpc) is 3.17. The number of anilines is 2. The lowest BCUT2D eigenvalue weighted by molar-refractivity contribution is -0.116. The molecule has 0 atom stereocenters. The van der Waals surface area contributed by atoms with Crippen molar-refractivity contribution in [2.75, 3.05) is 36.4 Å². The minimum atomic E-state index is -3.53. The number of hydrogen-bond acceptors (Lipinski definition) is 7. The molecule has 1 amide bonds. The van der Waals surface area contributed by atoms with Crippen molar-refractivity contribution in [2.24, 2.45) is 0 Å². The maximum atomic E-state index is 12.6. The number of sulfonamides is 1. The van der Waals surface area contributed by atoms with Crippen LogP contribution in [0.4, 0.5) is 11.4 Å². The summed E-state index contributed by atoms with van der Waals surface area (Å²) in [5, 5.41) is 7.00. The van der Waals surface area contributed by atoms with Gasteiger partial charge in [0.25, 0.3) is 0 Å². The van der Waals surface area contributed by atoms with Gasteiger partial charge >= 0.3 is 0 Å². The lowest BCUT2D eigenvalue weighted by atomic mass is 10.0. The molecule has 0 saturated heterocycles. The van der Waals surface area contributed by atoms with Crippen LogP contribution in [0.3, 0.4) is 0 Å². The van der Waals surface area contributed by atoms with E-state index in [4.69, 9.17) is 9.26 Å². The highest BCUT2D eigenvalue weighted by molar-refractivity contribution is 7.92. The highest BCUT2D eigenvalue weighted by Crippen LogP contribution is 2.35. The van der Waals surface area contributed by atoms with Gasteiger partial charge in [0.15, 0.2) is 0 Å². The quantitative estimate of drug-likeness (QED) is 0.277. The number of amides is 1. The second-order valence-electron chi connectivity index (χ2n) is 9.75. The number of rotatable bonds is 13. The van der Waals surface area contributed by atoms with E-state index in [-0.39, 0.29) is 11.7 Å². The third-order valence-electron chi connectivity index (χ3n) is 6.00. The minimum absolute atomic E-state index is 0.0325. The zero-order valence-electron chi connectivity index (χ0n) is 23.1.